The number of aromatic nitrogens is 4. The standard InChI is InChI=1S/C20H26N4O/c1-6-7-10-23-20(25)19-17(18(22-23)13(2)3)12-21-24(19)16-9-8-14(4)15(5)11-16/h8-9,11-13H,6-7,10H2,1-5H3. The van der Waals surface area contributed by atoms with Gasteiger partial charge in [-0.2, -0.15) is 10.2 Å². The minimum absolute atomic E-state index is 0.0661. The van der Waals surface area contributed by atoms with Crippen molar-refractivity contribution in [1.82, 2.24) is 19.6 Å². The van der Waals surface area contributed by atoms with Crippen LogP contribution in [0.4, 0.5) is 0 Å². The van der Waals surface area contributed by atoms with E-state index in [4.69, 9.17) is 0 Å². The van der Waals surface area contributed by atoms with Gasteiger partial charge in [-0.3, -0.25) is 4.79 Å². The van der Waals surface area contributed by atoms with E-state index in [1.807, 2.05) is 6.07 Å². The first kappa shape index (κ1) is 17.4. The summed E-state index contributed by atoms with van der Waals surface area (Å²) >= 11 is 0. The second-order valence-corrected chi connectivity index (χ2v) is 7.01. The molecule has 0 saturated heterocycles. The maximum atomic E-state index is 13.1. The average molecular weight is 338 g/mol. The molecule has 2 heterocycles. The van der Waals surface area contributed by atoms with Crippen molar-refractivity contribution in [3.63, 3.8) is 0 Å². The highest BCUT2D eigenvalue weighted by Gasteiger charge is 2.18. The van der Waals surface area contributed by atoms with E-state index in [2.05, 4.69) is 56.9 Å². The minimum Gasteiger partial charge on any atom is -0.265 e. The lowest BCUT2D eigenvalue weighted by Gasteiger charge is -2.12. The smallest absolute Gasteiger partial charge is 0.265 e. The largest absolute Gasteiger partial charge is 0.293 e. The third-order valence-corrected chi connectivity index (χ3v) is 4.72. The van der Waals surface area contributed by atoms with E-state index >= 15 is 0 Å². The lowest BCUT2D eigenvalue weighted by Crippen LogP contribution is -2.26. The van der Waals surface area contributed by atoms with Crippen molar-refractivity contribution < 1.29 is 0 Å². The Morgan fingerprint density at radius 3 is 2.56 bits per heavy atom. The fourth-order valence-electron chi connectivity index (χ4n) is 3.03. The highest BCUT2D eigenvalue weighted by Crippen LogP contribution is 2.23. The Morgan fingerprint density at radius 2 is 1.92 bits per heavy atom. The van der Waals surface area contributed by atoms with Crippen molar-refractivity contribution >= 4 is 10.9 Å². The Morgan fingerprint density at radius 1 is 1.16 bits per heavy atom. The van der Waals surface area contributed by atoms with Crippen LogP contribution < -0.4 is 5.56 Å². The van der Waals surface area contributed by atoms with E-state index in [0.29, 0.717) is 12.1 Å². The van der Waals surface area contributed by atoms with Crippen molar-refractivity contribution in [1.29, 1.82) is 0 Å². The van der Waals surface area contributed by atoms with Crippen LogP contribution in [0.15, 0.2) is 29.2 Å². The summed E-state index contributed by atoms with van der Waals surface area (Å²) in [7, 11) is 0. The second-order valence-electron chi connectivity index (χ2n) is 7.01. The fourth-order valence-corrected chi connectivity index (χ4v) is 3.03. The maximum Gasteiger partial charge on any atom is 0.293 e. The number of aryl methyl sites for hydroxylation is 3. The van der Waals surface area contributed by atoms with Crippen LogP contribution in [0.5, 0.6) is 0 Å². The molecule has 0 aliphatic heterocycles. The first-order valence-corrected chi connectivity index (χ1v) is 9.00. The van der Waals surface area contributed by atoms with Gasteiger partial charge in [0, 0.05) is 11.9 Å². The molecule has 0 spiro atoms. The molecule has 3 aromatic rings. The fraction of sp³-hybridized carbons (Fsp3) is 0.450. The summed E-state index contributed by atoms with van der Waals surface area (Å²) in [5.74, 6) is 0.230. The van der Waals surface area contributed by atoms with Crippen molar-refractivity contribution in [2.75, 3.05) is 0 Å². The number of hydrogen-bond donors (Lipinski definition) is 0. The molecule has 0 unspecified atom stereocenters. The third kappa shape index (κ3) is 3.11. The minimum atomic E-state index is -0.0661. The van der Waals surface area contributed by atoms with Gasteiger partial charge in [-0.25, -0.2) is 9.36 Å². The van der Waals surface area contributed by atoms with Gasteiger partial charge in [0.2, 0.25) is 0 Å². The number of fused-ring (bicyclic) bond motifs is 1. The summed E-state index contributed by atoms with van der Waals surface area (Å²) in [6.07, 6.45) is 3.74. The van der Waals surface area contributed by atoms with E-state index in [1.54, 1.807) is 15.6 Å². The highest BCUT2D eigenvalue weighted by molar-refractivity contribution is 5.82. The van der Waals surface area contributed by atoms with Crippen LogP contribution in [0.25, 0.3) is 16.6 Å². The molecule has 0 radical (unpaired) electrons. The Balaban J connectivity index is 2.29. The van der Waals surface area contributed by atoms with Gasteiger partial charge in [0.25, 0.3) is 5.56 Å². The molecule has 132 valence electrons. The zero-order chi connectivity index (χ0) is 18.1. The molecule has 1 aromatic carbocycles. The van der Waals surface area contributed by atoms with Crippen molar-refractivity contribution in [2.24, 2.45) is 0 Å². The van der Waals surface area contributed by atoms with Crippen LogP contribution in [0.2, 0.25) is 0 Å². The molecule has 0 aliphatic rings. The molecule has 0 fully saturated rings. The van der Waals surface area contributed by atoms with Gasteiger partial charge in [-0.1, -0.05) is 33.3 Å². The lowest BCUT2D eigenvalue weighted by molar-refractivity contribution is 0.531. The zero-order valence-electron chi connectivity index (χ0n) is 15.7. The number of rotatable bonds is 5. The van der Waals surface area contributed by atoms with Crippen LogP contribution in [-0.2, 0) is 6.54 Å². The molecule has 2 aromatic heterocycles. The van der Waals surface area contributed by atoms with Crippen molar-refractivity contribution in [3.8, 4) is 5.69 Å². The van der Waals surface area contributed by atoms with E-state index in [-0.39, 0.29) is 11.5 Å². The maximum absolute atomic E-state index is 13.1. The van der Waals surface area contributed by atoms with Crippen LogP contribution >= 0.6 is 0 Å². The lowest BCUT2D eigenvalue weighted by atomic mass is 10.1. The first-order chi connectivity index (χ1) is 11.9. The molecule has 0 N–H and O–H groups in total. The van der Waals surface area contributed by atoms with Gasteiger partial charge in [0.05, 0.1) is 17.6 Å². The molecule has 0 amide bonds. The second kappa shape index (κ2) is 6.82. The number of benzene rings is 1. The molecule has 0 saturated carbocycles. The SMILES string of the molecule is CCCCn1nc(C(C)C)c2cnn(-c3ccc(C)c(C)c3)c2c1=O. The molecule has 0 bridgehead atoms. The summed E-state index contributed by atoms with van der Waals surface area (Å²) in [5.41, 5.74) is 4.82. The monoisotopic (exact) mass is 338 g/mol. The van der Waals surface area contributed by atoms with Gasteiger partial charge in [0.1, 0.15) is 5.52 Å². The first-order valence-electron chi connectivity index (χ1n) is 9.00. The average Bonchev–Trinajstić information content (AvgIpc) is 3.02. The van der Waals surface area contributed by atoms with E-state index in [1.165, 1.54) is 11.1 Å². The summed E-state index contributed by atoms with van der Waals surface area (Å²) in [4.78, 5) is 13.1. The summed E-state index contributed by atoms with van der Waals surface area (Å²) in [6.45, 7) is 11.1. The van der Waals surface area contributed by atoms with E-state index < -0.39 is 0 Å². The Kier molecular flexibility index (Phi) is 4.75. The summed E-state index contributed by atoms with van der Waals surface area (Å²) in [6, 6.07) is 6.16. The van der Waals surface area contributed by atoms with Crippen LogP contribution in [0.1, 0.15) is 56.4 Å². The molecule has 3 rings (SSSR count). The van der Waals surface area contributed by atoms with Crippen molar-refractivity contribution in [2.45, 2.75) is 59.9 Å². The molecular weight excluding hydrogens is 312 g/mol. The molecule has 0 atom stereocenters. The predicted octanol–water partition coefficient (Wildman–Crippen LogP) is 4.12. The predicted molar refractivity (Wildman–Crippen MR) is 102 cm³/mol. The van der Waals surface area contributed by atoms with Gasteiger partial charge < -0.3 is 0 Å². The molecule has 5 heteroatoms. The van der Waals surface area contributed by atoms with E-state index in [9.17, 15) is 4.79 Å². The van der Waals surface area contributed by atoms with E-state index in [0.717, 1.165) is 29.6 Å². The molecule has 0 aliphatic carbocycles. The van der Waals surface area contributed by atoms with Gasteiger partial charge >= 0.3 is 0 Å². The van der Waals surface area contributed by atoms with Crippen LogP contribution in [-0.4, -0.2) is 19.6 Å². The Labute approximate surface area is 148 Å². The molecule has 25 heavy (non-hydrogen) atoms. The van der Waals surface area contributed by atoms with Gasteiger partial charge in [0.15, 0.2) is 0 Å². The normalized spacial score (nSPS) is 11.6. The van der Waals surface area contributed by atoms with Crippen molar-refractivity contribution in [3.05, 3.63) is 51.6 Å². The zero-order valence-corrected chi connectivity index (χ0v) is 15.7. The Bertz CT molecular complexity index is 966. The van der Waals surface area contributed by atoms with Crippen LogP contribution in [0.3, 0.4) is 0 Å². The third-order valence-electron chi connectivity index (χ3n) is 4.72. The number of nitrogens with zero attached hydrogens (tertiary/aromatic N) is 4. The summed E-state index contributed by atoms with van der Waals surface area (Å²) < 4.78 is 3.38. The molecule has 5 nitrogen and oxygen atoms in total. The molecular formula is C20H26N4O. The highest BCUT2D eigenvalue weighted by atomic mass is 16.1. The van der Waals surface area contributed by atoms with Crippen LogP contribution in [0, 0.1) is 13.8 Å². The topological polar surface area (TPSA) is 52.7 Å². The number of hydrogen-bond acceptors (Lipinski definition) is 3. The Hall–Kier alpha value is -2.43. The summed E-state index contributed by atoms with van der Waals surface area (Å²) in [5, 5.41) is 10.0. The van der Waals surface area contributed by atoms with Gasteiger partial charge in [-0.15, -0.1) is 0 Å². The number of unbranched alkanes of at least 4 members (excludes halogenated alkanes) is 1. The quantitative estimate of drug-likeness (QED) is 0.703. The van der Waals surface area contributed by atoms with Gasteiger partial charge in [-0.05, 0) is 49.4 Å².